The molecule has 1 amide bonds. The number of carbonyl (C=O) groups is 1. The molecule has 73 heavy (non-hydrogen) atoms. The fraction of sp³-hybridized carbons (Fsp3) is 0.828. The normalized spacial score (nSPS) is 19.5. The van der Waals surface area contributed by atoms with E-state index in [2.05, 4.69) is 67.8 Å². The van der Waals surface area contributed by atoms with Gasteiger partial charge in [-0.25, -0.2) is 0 Å². The van der Waals surface area contributed by atoms with Crippen LogP contribution < -0.4 is 5.32 Å². The third kappa shape index (κ3) is 42.7. The van der Waals surface area contributed by atoms with E-state index in [-0.39, 0.29) is 12.5 Å². The summed E-state index contributed by atoms with van der Waals surface area (Å²) >= 11 is 0. The molecule has 426 valence electrons. The van der Waals surface area contributed by atoms with Crippen molar-refractivity contribution in [2.45, 2.75) is 326 Å². The SMILES string of the molecule is CCCCC/C=C/CC/C=C/C(O)C(COC1OC(CO)C(O)C(O)C1O)NC(=O)CCCCCCCCCCCCCCCCCCCCCCCCCCCC/C=C\C/C=C\C/C=C\CCCCCCC. The summed E-state index contributed by atoms with van der Waals surface area (Å²) in [5, 5.41) is 54.2. The predicted octanol–water partition coefficient (Wildman–Crippen LogP) is 15.9. The quantitative estimate of drug-likeness (QED) is 0.0261. The van der Waals surface area contributed by atoms with Crippen LogP contribution in [0.4, 0.5) is 0 Å². The first kappa shape index (κ1) is 68.9. The highest BCUT2D eigenvalue weighted by molar-refractivity contribution is 5.76. The number of rotatable bonds is 53. The minimum absolute atomic E-state index is 0.186. The monoisotopic (exact) mass is 1030 g/mol. The number of hydrogen-bond acceptors (Lipinski definition) is 8. The zero-order chi connectivity index (χ0) is 52.9. The van der Waals surface area contributed by atoms with Crippen molar-refractivity contribution in [2.75, 3.05) is 13.2 Å². The predicted molar refractivity (Wildman–Crippen MR) is 309 cm³/mol. The molecule has 0 radical (unpaired) electrons. The zero-order valence-corrected chi connectivity index (χ0v) is 47.4. The van der Waals surface area contributed by atoms with Crippen LogP contribution in [-0.4, -0.2) is 87.5 Å². The Morgan fingerprint density at radius 2 is 0.822 bits per heavy atom. The second-order valence-electron chi connectivity index (χ2n) is 21.5. The highest BCUT2D eigenvalue weighted by Gasteiger charge is 2.44. The molecule has 1 aliphatic rings. The Bertz CT molecular complexity index is 1330. The van der Waals surface area contributed by atoms with Gasteiger partial charge in [-0.05, 0) is 70.6 Å². The van der Waals surface area contributed by atoms with Crippen LogP contribution in [0.5, 0.6) is 0 Å². The van der Waals surface area contributed by atoms with Gasteiger partial charge in [0.1, 0.15) is 24.4 Å². The maximum absolute atomic E-state index is 13.0. The molecule has 0 aromatic heterocycles. The van der Waals surface area contributed by atoms with Crippen LogP contribution in [-0.2, 0) is 14.3 Å². The van der Waals surface area contributed by atoms with Gasteiger partial charge in [0.05, 0.1) is 25.4 Å². The number of hydrogen-bond donors (Lipinski definition) is 6. The van der Waals surface area contributed by atoms with Crippen LogP contribution in [0, 0.1) is 0 Å². The summed E-state index contributed by atoms with van der Waals surface area (Å²) in [4.78, 5) is 13.0. The van der Waals surface area contributed by atoms with Crippen LogP contribution in [0.1, 0.15) is 284 Å². The topological polar surface area (TPSA) is 149 Å². The highest BCUT2D eigenvalue weighted by atomic mass is 16.7. The lowest BCUT2D eigenvalue weighted by atomic mass is 9.99. The summed E-state index contributed by atoms with van der Waals surface area (Å²) in [6.07, 6.45) is 66.4. The van der Waals surface area contributed by atoms with E-state index < -0.39 is 49.5 Å². The molecule has 6 N–H and O–H groups in total. The van der Waals surface area contributed by atoms with E-state index in [9.17, 15) is 30.3 Å². The number of unbranched alkanes of at least 4 members (excludes halogenated alkanes) is 35. The number of ether oxygens (including phenoxy) is 2. The van der Waals surface area contributed by atoms with Crippen LogP contribution in [0.15, 0.2) is 60.8 Å². The van der Waals surface area contributed by atoms with Gasteiger partial charge in [0.15, 0.2) is 6.29 Å². The molecular weight excluding hydrogens is 911 g/mol. The van der Waals surface area contributed by atoms with E-state index in [1.807, 2.05) is 6.08 Å². The Morgan fingerprint density at radius 1 is 0.466 bits per heavy atom. The third-order valence-corrected chi connectivity index (χ3v) is 14.6. The first-order valence-electron chi connectivity index (χ1n) is 31.0. The molecule has 1 fully saturated rings. The number of aliphatic hydroxyl groups is 5. The van der Waals surface area contributed by atoms with Gasteiger partial charge in [-0.3, -0.25) is 4.79 Å². The Labute approximate surface area is 449 Å². The lowest BCUT2D eigenvalue weighted by molar-refractivity contribution is -0.302. The second-order valence-corrected chi connectivity index (χ2v) is 21.5. The van der Waals surface area contributed by atoms with Crippen LogP contribution in [0.3, 0.4) is 0 Å². The van der Waals surface area contributed by atoms with Gasteiger partial charge in [0, 0.05) is 6.42 Å². The minimum atomic E-state index is -1.57. The van der Waals surface area contributed by atoms with Crippen molar-refractivity contribution in [1.29, 1.82) is 0 Å². The van der Waals surface area contributed by atoms with Gasteiger partial charge in [-0.2, -0.15) is 0 Å². The Balaban J connectivity index is 1.98. The summed E-state index contributed by atoms with van der Waals surface area (Å²) in [6.45, 7) is 3.70. The average molecular weight is 1030 g/mol. The van der Waals surface area contributed by atoms with Crippen molar-refractivity contribution < 1.29 is 39.8 Å². The van der Waals surface area contributed by atoms with E-state index >= 15 is 0 Å². The first-order valence-corrected chi connectivity index (χ1v) is 31.0. The number of carbonyl (C=O) groups excluding carboxylic acids is 1. The molecule has 7 atom stereocenters. The number of allylic oxidation sites excluding steroid dienone is 9. The molecule has 0 saturated carbocycles. The molecule has 1 rings (SSSR count). The number of aliphatic hydroxyl groups excluding tert-OH is 5. The molecule has 1 heterocycles. The highest BCUT2D eigenvalue weighted by Crippen LogP contribution is 2.23. The Hall–Kier alpha value is -2.11. The van der Waals surface area contributed by atoms with Crippen molar-refractivity contribution in [3.63, 3.8) is 0 Å². The van der Waals surface area contributed by atoms with Crippen molar-refractivity contribution in [1.82, 2.24) is 5.32 Å². The lowest BCUT2D eigenvalue weighted by Crippen LogP contribution is -2.60. The standard InChI is InChI=1S/C64H117NO8/c1-3-5-7-9-11-13-14-15-16-17-18-19-20-21-22-23-24-25-26-27-28-29-30-31-32-33-34-35-36-37-38-39-40-41-42-43-44-46-48-50-52-54-60(68)65-57(58(67)53-51-49-47-45-12-10-8-6-4-2)56-72-64-63(71)62(70)61(69)59(55-66)73-64/h12,14-15,17-18,20-21,45,51,53,57-59,61-64,66-67,69-71H,3-11,13,16,19,22-44,46-50,52,54-56H2,1-2H3,(H,65,68)/b15-14-,18-17-,21-20-,45-12+,53-51+. The van der Waals surface area contributed by atoms with E-state index in [0.717, 1.165) is 51.4 Å². The minimum Gasteiger partial charge on any atom is -0.394 e. The molecule has 0 aromatic rings. The smallest absolute Gasteiger partial charge is 0.220 e. The van der Waals surface area contributed by atoms with E-state index in [4.69, 9.17) is 9.47 Å². The third-order valence-electron chi connectivity index (χ3n) is 14.6. The maximum Gasteiger partial charge on any atom is 0.220 e. The van der Waals surface area contributed by atoms with E-state index in [1.54, 1.807) is 6.08 Å². The largest absolute Gasteiger partial charge is 0.394 e. The lowest BCUT2D eigenvalue weighted by Gasteiger charge is -2.40. The van der Waals surface area contributed by atoms with Crippen molar-refractivity contribution in [3.05, 3.63) is 60.8 Å². The van der Waals surface area contributed by atoms with Gasteiger partial charge in [-0.1, -0.05) is 267 Å². The van der Waals surface area contributed by atoms with Gasteiger partial charge < -0.3 is 40.3 Å². The van der Waals surface area contributed by atoms with E-state index in [1.165, 1.54) is 212 Å². The summed E-state index contributed by atoms with van der Waals surface area (Å²) in [5.41, 5.74) is 0. The molecule has 9 heteroatoms. The number of nitrogens with one attached hydrogen (secondary N) is 1. The van der Waals surface area contributed by atoms with Crippen LogP contribution in [0.25, 0.3) is 0 Å². The van der Waals surface area contributed by atoms with Crippen LogP contribution >= 0.6 is 0 Å². The van der Waals surface area contributed by atoms with Gasteiger partial charge in [0.25, 0.3) is 0 Å². The molecule has 0 aliphatic carbocycles. The van der Waals surface area contributed by atoms with Crippen molar-refractivity contribution >= 4 is 5.91 Å². The van der Waals surface area contributed by atoms with Gasteiger partial charge in [0.2, 0.25) is 5.91 Å². The Kier molecular flexibility index (Phi) is 50.3. The zero-order valence-electron chi connectivity index (χ0n) is 47.4. The molecule has 9 nitrogen and oxygen atoms in total. The first-order chi connectivity index (χ1) is 35.8. The summed E-state index contributed by atoms with van der Waals surface area (Å²) in [5.74, 6) is -0.186. The molecule has 0 aromatic carbocycles. The maximum atomic E-state index is 13.0. The summed E-state index contributed by atoms with van der Waals surface area (Å²) in [7, 11) is 0. The summed E-state index contributed by atoms with van der Waals surface area (Å²) in [6, 6.07) is -0.819. The number of amides is 1. The fourth-order valence-electron chi connectivity index (χ4n) is 9.65. The Morgan fingerprint density at radius 3 is 1.27 bits per heavy atom. The molecular formula is C64H117NO8. The van der Waals surface area contributed by atoms with Crippen molar-refractivity contribution in [2.24, 2.45) is 0 Å². The fourth-order valence-corrected chi connectivity index (χ4v) is 9.65. The molecule has 0 bridgehead atoms. The molecule has 1 aliphatic heterocycles. The van der Waals surface area contributed by atoms with Gasteiger partial charge in [-0.15, -0.1) is 0 Å². The van der Waals surface area contributed by atoms with Gasteiger partial charge >= 0.3 is 0 Å². The molecule has 1 saturated heterocycles. The van der Waals surface area contributed by atoms with E-state index in [0.29, 0.717) is 6.42 Å². The second kappa shape index (κ2) is 53.3. The average Bonchev–Trinajstić information content (AvgIpc) is 3.39. The molecule has 0 spiro atoms. The molecule has 7 unspecified atom stereocenters. The summed E-state index contributed by atoms with van der Waals surface area (Å²) < 4.78 is 11.2. The van der Waals surface area contributed by atoms with Crippen molar-refractivity contribution in [3.8, 4) is 0 Å². The van der Waals surface area contributed by atoms with Crippen LogP contribution in [0.2, 0.25) is 0 Å².